The predicted octanol–water partition coefficient (Wildman–Crippen LogP) is 4.95. The van der Waals surface area contributed by atoms with Crippen molar-refractivity contribution in [1.29, 1.82) is 0 Å². The number of carbonyl (C=O) groups excluding carboxylic acids is 1. The first kappa shape index (κ1) is 19.9. The molecule has 0 radical (unpaired) electrons. The van der Waals surface area contributed by atoms with Gasteiger partial charge in [-0.15, -0.1) is 0 Å². The molecule has 2 heterocycles. The third-order valence-corrected chi connectivity index (χ3v) is 5.62. The van der Waals surface area contributed by atoms with Crippen LogP contribution >= 0.6 is 0 Å². The predicted molar refractivity (Wildman–Crippen MR) is 122 cm³/mol. The maximum Gasteiger partial charge on any atom is 0.295 e. The quantitative estimate of drug-likeness (QED) is 0.451. The fourth-order valence-electron chi connectivity index (χ4n) is 4.22. The zero-order chi connectivity index (χ0) is 22.2. The second-order valence-electron chi connectivity index (χ2n) is 7.43. The van der Waals surface area contributed by atoms with Crippen LogP contribution in [0.4, 0.5) is 5.69 Å². The molecule has 0 saturated carbocycles. The van der Waals surface area contributed by atoms with E-state index in [2.05, 4.69) is 0 Å². The highest BCUT2D eigenvalue weighted by Crippen LogP contribution is 2.43. The second-order valence-corrected chi connectivity index (χ2v) is 7.43. The first-order chi connectivity index (χ1) is 15.6. The molecule has 1 unspecified atom stereocenters. The van der Waals surface area contributed by atoms with Crippen molar-refractivity contribution in [3.63, 3.8) is 0 Å². The van der Waals surface area contributed by atoms with Gasteiger partial charge in [0, 0.05) is 5.69 Å². The minimum Gasteiger partial charge on any atom is -0.493 e. The molecule has 0 saturated heterocycles. The summed E-state index contributed by atoms with van der Waals surface area (Å²) >= 11 is 0. The summed E-state index contributed by atoms with van der Waals surface area (Å²) in [6.07, 6.45) is 0. The van der Waals surface area contributed by atoms with E-state index in [1.54, 1.807) is 42.3 Å². The van der Waals surface area contributed by atoms with Gasteiger partial charge in [-0.3, -0.25) is 14.5 Å². The van der Waals surface area contributed by atoms with Crippen LogP contribution in [0.25, 0.3) is 11.0 Å². The van der Waals surface area contributed by atoms with E-state index in [0.29, 0.717) is 40.3 Å². The maximum absolute atomic E-state index is 13.6. The van der Waals surface area contributed by atoms with Crippen molar-refractivity contribution in [2.45, 2.75) is 13.0 Å². The van der Waals surface area contributed by atoms with Crippen LogP contribution in [0.2, 0.25) is 0 Å². The third-order valence-electron chi connectivity index (χ3n) is 5.62. The van der Waals surface area contributed by atoms with Crippen LogP contribution in [0.1, 0.15) is 34.6 Å². The van der Waals surface area contributed by atoms with E-state index in [1.807, 2.05) is 49.4 Å². The van der Waals surface area contributed by atoms with Crippen LogP contribution in [-0.2, 0) is 0 Å². The van der Waals surface area contributed by atoms with Crippen molar-refractivity contribution in [1.82, 2.24) is 0 Å². The molecular formula is C26H21NO5. The second kappa shape index (κ2) is 7.89. The molecule has 160 valence electrons. The molecule has 1 aromatic heterocycles. The van der Waals surface area contributed by atoms with Gasteiger partial charge in [0.1, 0.15) is 5.58 Å². The van der Waals surface area contributed by atoms with E-state index < -0.39 is 6.04 Å². The van der Waals surface area contributed by atoms with Gasteiger partial charge in [-0.2, -0.15) is 0 Å². The van der Waals surface area contributed by atoms with Gasteiger partial charge >= 0.3 is 0 Å². The van der Waals surface area contributed by atoms with Crippen molar-refractivity contribution in [2.24, 2.45) is 0 Å². The number of hydrogen-bond donors (Lipinski definition) is 0. The van der Waals surface area contributed by atoms with Gasteiger partial charge in [-0.1, -0.05) is 36.4 Å². The molecule has 0 spiro atoms. The van der Waals surface area contributed by atoms with Crippen LogP contribution in [-0.4, -0.2) is 19.6 Å². The van der Waals surface area contributed by atoms with E-state index >= 15 is 0 Å². The number of para-hydroxylation sites is 2. The standard InChI is InChI=1S/C26H21NO5/c1-3-31-20-14-13-16(15-21(20)30-2)23-22-24(28)18-11-7-8-12-19(18)32-25(22)26(29)27(23)17-9-5-4-6-10-17/h4-15,23H,3H2,1-2H3. The van der Waals surface area contributed by atoms with Crippen LogP contribution in [0.3, 0.4) is 0 Å². The molecule has 6 heteroatoms. The number of nitrogens with zero attached hydrogens (tertiary/aromatic N) is 1. The zero-order valence-electron chi connectivity index (χ0n) is 17.7. The lowest BCUT2D eigenvalue weighted by molar-refractivity contribution is 0.0971. The summed E-state index contributed by atoms with van der Waals surface area (Å²) in [5.74, 6) is 0.839. The number of fused-ring (bicyclic) bond motifs is 2. The van der Waals surface area contributed by atoms with Crippen LogP contribution in [0.5, 0.6) is 11.5 Å². The van der Waals surface area contributed by atoms with Gasteiger partial charge in [-0.25, -0.2) is 0 Å². The highest BCUT2D eigenvalue weighted by molar-refractivity contribution is 6.10. The van der Waals surface area contributed by atoms with Gasteiger partial charge in [0.25, 0.3) is 5.91 Å². The highest BCUT2D eigenvalue weighted by atomic mass is 16.5. The smallest absolute Gasteiger partial charge is 0.295 e. The maximum atomic E-state index is 13.6. The van der Waals surface area contributed by atoms with Crippen LogP contribution < -0.4 is 19.8 Å². The Kier molecular flexibility index (Phi) is 4.90. The highest BCUT2D eigenvalue weighted by Gasteiger charge is 2.43. The average Bonchev–Trinajstić information content (AvgIpc) is 3.13. The van der Waals surface area contributed by atoms with Gasteiger partial charge in [-0.05, 0) is 48.9 Å². The summed E-state index contributed by atoms with van der Waals surface area (Å²) in [7, 11) is 1.56. The van der Waals surface area contributed by atoms with Gasteiger partial charge in [0.2, 0.25) is 5.76 Å². The zero-order valence-corrected chi connectivity index (χ0v) is 17.7. The van der Waals surface area contributed by atoms with E-state index in [-0.39, 0.29) is 17.1 Å². The van der Waals surface area contributed by atoms with Crippen molar-refractivity contribution in [3.8, 4) is 11.5 Å². The van der Waals surface area contributed by atoms with Crippen molar-refractivity contribution >= 4 is 22.6 Å². The molecule has 0 fully saturated rings. The minimum absolute atomic E-state index is 0.0652. The molecule has 1 atom stereocenters. The van der Waals surface area contributed by atoms with Crippen LogP contribution in [0, 0.1) is 0 Å². The number of carbonyl (C=O) groups is 1. The Bertz CT molecular complexity index is 1380. The molecule has 4 aromatic rings. The molecule has 1 amide bonds. The van der Waals surface area contributed by atoms with Crippen molar-refractivity contribution in [2.75, 3.05) is 18.6 Å². The third kappa shape index (κ3) is 3.03. The number of benzene rings is 3. The topological polar surface area (TPSA) is 69.0 Å². The Morgan fingerprint density at radius 3 is 2.44 bits per heavy atom. The van der Waals surface area contributed by atoms with Crippen molar-refractivity contribution < 1.29 is 18.7 Å². The lowest BCUT2D eigenvalue weighted by Crippen LogP contribution is -2.29. The summed E-state index contributed by atoms with van der Waals surface area (Å²) in [6.45, 7) is 2.39. The van der Waals surface area contributed by atoms with E-state index in [0.717, 1.165) is 5.56 Å². The first-order valence-electron chi connectivity index (χ1n) is 10.4. The summed E-state index contributed by atoms with van der Waals surface area (Å²) in [6, 6.07) is 21.0. The Morgan fingerprint density at radius 1 is 0.938 bits per heavy atom. The monoisotopic (exact) mass is 427 g/mol. The molecule has 1 aliphatic rings. The van der Waals surface area contributed by atoms with E-state index in [1.165, 1.54) is 0 Å². The van der Waals surface area contributed by atoms with E-state index in [9.17, 15) is 9.59 Å². The molecule has 0 bridgehead atoms. The summed E-state index contributed by atoms with van der Waals surface area (Å²) in [5, 5.41) is 0.442. The number of ether oxygens (including phenoxy) is 2. The number of anilines is 1. The summed E-state index contributed by atoms with van der Waals surface area (Å²) in [4.78, 5) is 28.7. The molecule has 0 N–H and O–H groups in total. The molecular weight excluding hydrogens is 406 g/mol. The van der Waals surface area contributed by atoms with Gasteiger partial charge in [0.05, 0.1) is 30.7 Å². The molecule has 32 heavy (non-hydrogen) atoms. The summed E-state index contributed by atoms with van der Waals surface area (Å²) < 4.78 is 17.1. The summed E-state index contributed by atoms with van der Waals surface area (Å²) in [5.41, 5.74) is 1.90. The lowest BCUT2D eigenvalue weighted by atomic mass is 9.97. The lowest BCUT2D eigenvalue weighted by Gasteiger charge is -2.25. The molecule has 1 aliphatic heterocycles. The van der Waals surface area contributed by atoms with Crippen LogP contribution in [0.15, 0.2) is 82.0 Å². The SMILES string of the molecule is CCOc1ccc(C2c3c(oc4ccccc4c3=O)C(=O)N2c2ccccc2)cc1OC. The molecule has 5 rings (SSSR count). The number of methoxy groups -OCH3 is 1. The Hall–Kier alpha value is -4.06. The fourth-order valence-corrected chi connectivity index (χ4v) is 4.22. The first-order valence-corrected chi connectivity index (χ1v) is 10.4. The molecule has 3 aromatic carbocycles. The fraction of sp³-hybridized carbons (Fsp3) is 0.154. The molecule has 6 nitrogen and oxygen atoms in total. The normalized spacial score (nSPS) is 15.1. The number of amides is 1. The van der Waals surface area contributed by atoms with Crippen molar-refractivity contribution in [3.05, 3.63) is 99.9 Å². The molecule has 0 aliphatic carbocycles. The Morgan fingerprint density at radius 2 is 1.69 bits per heavy atom. The van der Waals surface area contributed by atoms with E-state index in [4.69, 9.17) is 13.9 Å². The number of hydrogen-bond acceptors (Lipinski definition) is 5. The number of rotatable bonds is 5. The van der Waals surface area contributed by atoms with Gasteiger partial charge in [0.15, 0.2) is 16.9 Å². The Labute approximate surface area is 184 Å². The largest absolute Gasteiger partial charge is 0.493 e. The average molecular weight is 427 g/mol. The minimum atomic E-state index is -0.662. The Balaban J connectivity index is 1.78. The van der Waals surface area contributed by atoms with Gasteiger partial charge < -0.3 is 13.9 Å².